The van der Waals surface area contributed by atoms with Crippen LogP contribution in [-0.4, -0.2) is 0 Å². The molecule has 1 nitrogen and oxygen atoms in total. The highest BCUT2D eigenvalue weighted by Crippen LogP contribution is 2.24. The second kappa shape index (κ2) is 6.76. The van der Waals surface area contributed by atoms with Gasteiger partial charge in [-0.15, -0.1) is 0 Å². The van der Waals surface area contributed by atoms with E-state index in [9.17, 15) is 13.2 Å². The van der Waals surface area contributed by atoms with E-state index in [2.05, 4.69) is 5.32 Å². The van der Waals surface area contributed by atoms with Gasteiger partial charge in [-0.2, -0.15) is 0 Å². The third kappa shape index (κ3) is 3.85. The summed E-state index contributed by atoms with van der Waals surface area (Å²) < 4.78 is 39.7. The van der Waals surface area contributed by atoms with Gasteiger partial charge in [-0.1, -0.05) is 25.1 Å². The SMILES string of the molecule is CCC(NC(C)c1ccc(F)cc1F)c1ccc(F)cc1. The summed E-state index contributed by atoms with van der Waals surface area (Å²) in [4.78, 5) is 0. The van der Waals surface area contributed by atoms with Crippen LogP contribution in [0.2, 0.25) is 0 Å². The van der Waals surface area contributed by atoms with Crippen LogP contribution in [0, 0.1) is 17.5 Å². The van der Waals surface area contributed by atoms with Gasteiger partial charge in [0.15, 0.2) is 0 Å². The van der Waals surface area contributed by atoms with Gasteiger partial charge in [0.25, 0.3) is 0 Å². The molecule has 2 aromatic carbocycles. The minimum atomic E-state index is -0.589. The molecule has 0 aliphatic heterocycles. The van der Waals surface area contributed by atoms with Crippen molar-refractivity contribution in [3.63, 3.8) is 0 Å². The van der Waals surface area contributed by atoms with E-state index in [-0.39, 0.29) is 17.9 Å². The molecule has 1 N–H and O–H groups in total. The van der Waals surface area contributed by atoms with Crippen LogP contribution < -0.4 is 5.32 Å². The zero-order valence-electron chi connectivity index (χ0n) is 12.0. The lowest BCUT2D eigenvalue weighted by atomic mass is 10.0. The highest BCUT2D eigenvalue weighted by Gasteiger charge is 2.16. The molecule has 4 heteroatoms. The number of rotatable bonds is 5. The Balaban J connectivity index is 2.15. The zero-order valence-corrected chi connectivity index (χ0v) is 12.0. The molecule has 2 aromatic rings. The van der Waals surface area contributed by atoms with Gasteiger partial charge in [-0.25, -0.2) is 13.2 Å². The monoisotopic (exact) mass is 293 g/mol. The van der Waals surface area contributed by atoms with E-state index in [1.54, 1.807) is 12.1 Å². The lowest BCUT2D eigenvalue weighted by Gasteiger charge is -2.23. The van der Waals surface area contributed by atoms with Crippen LogP contribution in [0.3, 0.4) is 0 Å². The maximum atomic E-state index is 13.8. The smallest absolute Gasteiger partial charge is 0.130 e. The first-order valence-electron chi connectivity index (χ1n) is 6.97. The van der Waals surface area contributed by atoms with Crippen LogP contribution in [-0.2, 0) is 0 Å². The van der Waals surface area contributed by atoms with Crippen molar-refractivity contribution < 1.29 is 13.2 Å². The lowest BCUT2D eigenvalue weighted by molar-refractivity contribution is 0.440. The van der Waals surface area contributed by atoms with E-state index >= 15 is 0 Å². The maximum absolute atomic E-state index is 13.8. The van der Waals surface area contributed by atoms with Crippen molar-refractivity contribution in [3.8, 4) is 0 Å². The van der Waals surface area contributed by atoms with E-state index in [4.69, 9.17) is 0 Å². The van der Waals surface area contributed by atoms with E-state index in [1.165, 1.54) is 24.3 Å². The standard InChI is InChI=1S/C17H18F3N/c1-3-17(12-4-6-13(18)7-5-12)21-11(2)15-9-8-14(19)10-16(15)20/h4-11,17,21H,3H2,1-2H3. The predicted octanol–water partition coefficient (Wildman–Crippen LogP) is 4.91. The normalized spacial score (nSPS) is 14.0. The molecule has 0 aliphatic carbocycles. The van der Waals surface area contributed by atoms with Gasteiger partial charge in [0, 0.05) is 23.7 Å². The molecule has 0 amide bonds. The molecule has 2 rings (SSSR count). The summed E-state index contributed by atoms with van der Waals surface area (Å²) >= 11 is 0. The second-order valence-corrected chi connectivity index (χ2v) is 5.07. The molecule has 0 saturated carbocycles. The summed E-state index contributed by atoms with van der Waals surface area (Å²) in [5, 5.41) is 3.29. The minimum absolute atomic E-state index is 0.0231. The van der Waals surface area contributed by atoms with E-state index in [0.29, 0.717) is 5.56 Å². The first kappa shape index (κ1) is 15.6. The van der Waals surface area contributed by atoms with Gasteiger partial charge in [0.1, 0.15) is 17.5 Å². The average Bonchev–Trinajstić information content (AvgIpc) is 2.45. The van der Waals surface area contributed by atoms with Gasteiger partial charge in [-0.3, -0.25) is 0 Å². The van der Waals surface area contributed by atoms with Crippen LogP contribution in [0.15, 0.2) is 42.5 Å². The zero-order chi connectivity index (χ0) is 15.4. The Bertz CT molecular complexity index is 595. The molecule has 0 radical (unpaired) electrons. The molecule has 0 fully saturated rings. The molecule has 0 aliphatic rings. The van der Waals surface area contributed by atoms with Crippen molar-refractivity contribution in [2.45, 2.75) is 32.4 Å². The van der Waals surface area contributed by atoms with Gasteiger partial charge >= 0.3 is 0 Å². The van der Waals surface area contributed by atoms with E-state index in [1.807, 2.05) is 13.8 Å². The Morgan fingerprint density at radius 2 is 1.57 bits per heavy atom. The van der Waals surface area contributed by atoms with Crippen molar-refractivity contribution in [2.24, 2.45) is 0 Å². The molecule has 2 unspecified atom stereocenters. The molecule has 0 heterocycles. The van der Waals surface area contributed by atoms with Crippen molar-refractivity contribution in [2.75, 3.05) is 0 Å². The summed E-state index contributed by atoms with van der Waals surface area (Å²) in [5.74, 6) is -1.44. The number of hydrogen-bond donors (Lipinski definition) is 1. The van der Waals surface area contributed by atoms with Crippen LogP contribution in [0.1, 0.15) is 43.5 Å². The molecular formula is C17H18F3N. The summed E-state index contributed by atoms with van der Waals surface area (Å²) in [7, 11) is 0. The molecule has 0 spiro atoms. The Labute approximate surface area is 122 Å². The largest absolute Gasteiger partial charge is 0.303 e. The third-order valence-corrected chi connectivity index (χ3v) is 3.56. The number of benzene rings is 2. The number of nitrogens with one attached hydrogen (secondary N) is 1. The van der Waals surface area contributed by atoms with Crippen LogP contribution in [0.4, 0.5) is 13.2 Å². The van der Waals surface area contributed by atoms with E-state index in [0.717, 1.165) is 18.1 Å². The minimum Gasteiger partial charge on any atom is -0.303 e. The third-order valence-electron chi connectivity index (χ3n) is 3.56. The van der Waals surface area contributed by atoms with Gasteiger partial charge in [0.05, 0.1) is 0 Å². The summed E-state index contributed by atoms with van der Waals surface area (Å²) in [6.45, 7) is 3.82. The Hall–Kier alpha value is -1.81. The topological polar surface area (TPSA) is 12.0 Å². The number of halogens is 3. The highest BCUT2D eigenvalue weighted by molar-refractivity contribution is 5.24. The molecule has 112 valence electrons. The van der Waals surface area contributed by atoms with Crippen molar-refractivity contribution >= 4 is 0 Å². The van der Waals surface area contributed by atoms with Crippen LogP contribution >= 0.6 is 0 Å². The van der Waals surface area contributed by atoms with Crippen molar-refractivity contribution in [3.05, 3.63) is 71.0 Å². The second-order valence-electron chi connectivity index (χ2n) is 5.07. The maximum Gasteiger partial charge on any atom is 0.130 e. The fourth-order valence-corrected chi connectivity index (χ4v) is 2.39. The van der Waals surface area contributed by atoms with Crippen molar-refractivity contribution in [1.82, 2.24) is 5.32 Å². The van der Waals surface area contributed by atoms with Crippen molar-refractivity contribution in [1.29, 1.82) is 0 Å². The molecule has 21 heavy (non-hydrogen) atoms. The molecular weight excluding hydrogens is 275 g/mol. The summed E-state index contributed by atoms with van der Waals surface area (Å²) in [5.41, 5.74) is 1.35. The Morgan fingerprint density at radius 3 is 2.14 bits per heavy atom. The van der Waals surface area contributed by atoms with Crippen LogP contribution in [0.5, 0.6) is 0 Å². The summed E-state index contributed by atoms with van der Waals surface area (Å²) in [6.07, 6.45) is 0.777. The molecule has 0 saturated heterocycles. The van der Waals surface area contributed by atoms with Gasteiger partial charge in [0.2, 0.25) is 0 Å². The fourth-order valence-electron chi connectivity index (χ4n) is 2.39. The Kier molecular flexibility index (Phi) is 5.02. The quantitative estimate of drug-likeness (QED) is 0.826. The van der Waals surface area contributed by atoms with Gasteiger partial charge in [-0.05, 0) is 37.1 Å². The molecule has 0 bridgehead atoms. The predicted molar refractivity (Wildman–Crippen MR) is 77.3 cm³/mol. The highest BCUT2D eigenvalue weighted by atomic mass is 19.1. The Morgan fingerprint density at radius 1 is 0.952 bits per heavy atom. The average molecular weight is 293 g/mol. The van der Waals surface area contributed by atoms with Gasteiger partial charge < -0.3 is 5.32 Å². The van der Waals surface area contributed by atoms with Crippen LogP contribution in [0.25, 0.3) is 0 Å². The molecule has 0 aromatic heterocycles. The number of hydrogen-bond acceptors (Lipinski definition) is 1. The lowest BCUT2D eigenvalue weighted by Crippen LogP contribution is -2.25. The summed E-state index contributed by atoms with van der Waals surface area (Å²) in [6, 6.07) is 9.51. The molecule has 2 atom stereocenters. The first-order valence-corrected chi connectivity index (χ1v) is 6.97. The van der Waals surface area contributed by atoms with E-state index < -0.39 is 11.6 Å². The fraction of sp³-hybridized carbons (Fsp3) is 0.294. The first-order chi connectivity index (χ1) is 10.0.